The molecule has 0 aromatic carbocycles. The first-order valence-corrected chi connectivity index (χ1v) is 7.43. The van der Waals surface area contributed by atoms with Gasteiger partial charge in [-0.25, -0.2) is 0 Å². The minimum atomic E-state index is -1.31. The fourth-order valence-electron chi connectivity index (χ4n) is 2.61. The van der Waals surface area contributed by atoms with Gasteiger partial charge in [0.1, 0.15) is 0 Å². The van der Waals surface area contributed by atoms with Crippen LogP contribution in [-0.2, 0) is 14.4 Å². The van der Waals surface area contributed by atoms with Gasteiger partial charge in [0, 0.05) is 31.5 Å². The predicted molar refractivity (Wildman–Crippen MR) is 74.8 cm³/mol. The molecular formula is C15H21N3O3. The molecule has 2 amide bonds. The number of Topliss-reactive ketones (excluding diaryl/α,β-unsaturated/α-hetero) is 1. The van der Waals surface area contributed by atoms with Gasteiger partial charge in [0.2, 0.25) is 11.8 Å². The molecular weight excluding hydrogens is 270 g/mol. The van der Waals surface area contributed by atoms with E-state index in [1.54, 1.807) is 24.8 Å². The molecule has 114 valence electrons. The largest absolute Gasteiger partial charge is 0.352 e. The van der Waals surface area contributed by atoms with Gasteiger partial charge in [0.25, 0.3) is 0 Å². The van der Waals surface area contributed by atoms with Crippen LogP contribution in [-0.4, -0.2) is 41.6 Å². The Kier molecular flexibility index (Phi) is 4.61. The second kappa shape index (κ2) is 6.25. The van der Waals surface area contributed by atoms with Crippen molar-refractivity contribution < 1.29 is 14.4 Å². The fourth-order valence-corrected chi connectivity index (χ4v) is 2.61. The summed E-state index contributed by atoms with van der Waals surface area (Å²) in [4.78, 5) is 37.8. The summed E-state index contributed by atoms with van der Waals surface area (Å²) in [6.45, 7) is 4.60. The second-order valence-electron chi connectivity index (χ2n) is 6.27. The molecule has 2 rings (SSSR count). The highest BCUT2D eigenvalue weighted by Gasteiger charge is 2.41. The topological polar surface area (TPSA) is 90.3 Å². The molecule has 0 unspecified atom stereocenters. The number of carbonyl (C=O) groups excluding carboxylic acids is 3. The van der Waals surface area contributed by atoms with Crippen LogP contribution in [0.5, 0.6) is 0 Å². The molecule has 2 fully saturated rings. The first-order valence-electron chi connectivity index (χ1n) is 7.43. The first kappa shape index (κ1) is 15.5. The van der Waals surface area contributed by atoms with Crippen molar-refractivity contribution in [3.05, 3.63) is 0 Å². The normalized spacial score (nSPS) is 23.0. The summed E-state index contributed by atoms with van der Waals surface area (Å²) >= 11 is 0. The number of likely N-dealkylation sites (tertiary alicyclic amines) is 1. The second-order valence-corrected chi connectivity index (χ2v) is 6.27. The van der Waals surface area contributed by atoms with E-state index in [0.29, 0.717) is 19.0 Å². The lowest BCUT2D eigenvalue weighted by Gasteiger charge is -2.17. The standard InChI is InChI=1S/C15H21N3O3/c1-9(2)17-15(21)12(6-16)14(20)11-5-13(19)18(8-11)7-10-3-4-10/h9-12H,3-5,7-8H2,1-2H3,(H,17,21)/t11-,12+/m1/s1. The number of nitriles is 1. The van der Waals surface area contributed by atoms with Crippen LogP contribution in [0.1, 0.15) is 33.1 Å². The summed E-state index contributed by atoms with van der Waals surface area (Å²) in [6, 6.07) is 1.65. The number of hydrogen-bond acceptors (Lipinski definition) is 4. The zero-order valence-corrected chi connectivity index (χ0v) is 12.5. The molecule has 1 heterocycles. The zero-order chi connectivity index (χ0) is 15.6. The van der Waals surface area contributed by atoms with E-state index in [0.717, 1.165) is 12.8 Å². The number of nitrogens with zero attached hydrogens (tertiary/aromatic N) is 2. The Labute approximate surface area is 124 Å². The lowest BCUT2D eigenvalue weighted by molar-refractivity contribution is -0.134. The van der Waals surface area contributed by atoms with Gasteiger partial charge in [-0.3, -0.25) is 14.4 Å². The van der Waals surface area contributed by atoms with E-state index in [9.17, 15) is 14.4 Å². The fraction of sp³-hybridized carbons (Fsp3) is 0.733. The molecule has 0 radical (unpaired) electrons. The Morgan fingerprint density at radius 2 is 2.10 bits per heavy atom. The number of carbonyl (C=O) groups is 3. The molecule has 0 aromatic rings. The third kappa shape index (κ3) is 3.81. The van der Waals surface area contributed by atoms with E-state index >= 15 is 0 Å². The molecule has 1 saturated heterocycles. The summed E-state index contributed by atoms with van der Waals surface area (Å²) in [7, 11) is 0. The van der Waals surface area contributed by atoms with Gasteiger partial charge in [-0.1, -0.05) is 0 Å². The minimum absolute atomic E-state index is 0.0405. The number of rotatable bonds is 6. The Morgan fingerprint density at radius 3 is 2.62 bits per heavy atom. The molecule has 1 aliphatic carbocycles. The quantitative estimate of drug-likeness (QED) is 0.721. The highest BCUT2D eigenvalue weighted by molar-refractivity contribution is 6.06. The van der Waals surface area contributed by atoms with Crippen LogP contribution in [0.25, 0.3) is 0 Å². The Bertz CT molecular complexity index is 491. The number of ketones is 1. The van der Waals surface area contributed by atoms with Gasteiger partial charge in [0.05, 0.1) is 6.07 Å². The van der Waals surface area contributed by atoms with Crippen LogP contribution < -0.4 is 5.32 Å². The lowest BCUT2D eigenvalue weighted by atomic mass is 9.92. The molecule has 1 N–H and O–H groups in total. The van der Waals surface area contributed by atoms with E-state index in [2.05, 4.69) is 5.32 Å². The van der Waals surface area contributed by atoms with Crippen LogP contribution in [0, 0.1) is 29.1 Å². The van der Waals surface area contributed by atoms with E-state index < -0.39 is 23.5 Å². The molecule has 0 spiro atoms. The molecule has 6 heteroatoms. The third-order valence-corrected chi connectivity index (χ3v) is 3.90. The van der Waals surface area contributed by atoms with Crippen molar-refractivity contribution in [2.75, 3.05) is 13.1 Å². The van der Waals surface area contributed by atoms with E-state index in [4.69, 9.17) is 5.26 Å². The van der Waals surface area contributed by atoms with Crippen molar-refractivity contribution in [2.45, 2.75) is 39.2 Å². The van der Waals surface area contributed by atoms with Crippen molar-refractivity contribution in [3.8, 4) is 6.07 Å². The average molecular weight is 291 g/mol. The molecule has 2 atom stereocenters. The van der Waals surface area contributed by atoms with Gasteiger partial charge in [-0.2, -0.15) is 5.26 Å². The Balaban J connectivity index is 1.96. The SMILES string of the molecule is CC(C)NC(=O)[C@@H](C#N)C(=O)[C@@H]1CC(=O)N(CC2CC2)C1. The molecule has 2 aliphatic rings. The van der Waals surface area contributed by atoms with Crippen molar-refractivity contribution in [2.24, 2.45) is 17.8 Å². The highest BCUT2D eigenvalue weighted by Crippen LogP contribution is 2.32. The monoisotopic (exact) mass is 291 g/mol. The van der Waals surface area contributed by atoms with Crippen LogP contribution in [0.2, 0.25) is 0 Å². The smallest absolute Gasteiger partial charge is 0.245 e. The molecule has 21 heavy (non-hydrogen) atoms. The molecule has 0 bridgehead atoms. The minimum Gasteiger partial charge on any atom is -0.352 e. The lowest BCUT2D eigenvalue weighted by Crippen LogP contribution is -2.41. The molecule has 6 nitrogen and oxygen atoms in total. The average Bonchev–Trinajstić information content (AvgIpc) is 3.13. The van der Waals surface area contributed by atoms with Crippen LogP contribution in [0.3, 0.4) is 0 Å². The maximum Gasteiger partial charge on any atom is 0.245 e. The maximum atomic E-state index is 12.3. The molecule has 1 saturated carbocycles. The third-order valence-electron chi connectivity index (χ3n) is 3.90. The first-order chi connectivity index (χ1) is 9.92. The number of amides is 2. The van der Waals surface area contributed by atoms with Crippen LogP contribution >= 0.6 is 0 Å². The maximum absolute atomic E-state index is 12.3. The summed E-state index contributed by atoms with van der Waals surface area (Å²) in [6.07, 6.45) is 2.40. The van der Waals surface area contributed by atoms with Crippen molar-refractivity contribution in [1.29, 1.82) is 5.26 Å². The van der Waals surface area contributed by atoms with Gasteiger partial charge >= 0.3 is 0 Å². The summed E-state index contributed by atoms with van der Waals surface area (Å²) in [5.74, 6) is -2.31. The summed E-state index contributed by atoms with van der Waals surface area (Å²) < 4.78 is 0. The Morgan fingerprint density at radius 1 is 1.43 bits per heavy atom. The van der Waals surface area contributed by atoms with E-state index in [-0.39, 0.29) is 18.4 Å². The van der Waals surface area contributed by atoms with Gasteiger partial charge in [-0.15, -0.1) is 0 Å². The molecule has 0 aromatic heterocycles. The van der Waals surface area contributed by atoms with Crippen molar-refractivity contribution in [3.63, 3.8) is 0 Å². The predicted octanol–water partition coefficient (Wildman–Crippen LogP) is 0.478. The van der Waals surface area contributed by atoms with E-state index in [1.165, 1.54) is 0 Å². The highest BCUT2D eigenvalue weighted by atomic mass is 16.2. The van der Waals surface area contributed by atoms with Crippen LogP contribution in [0.15, 0.2) is 0 Å². The number of hydrogen-bond donors (Lipinski definition) is 1. The van der Waals surface area contributed by atoms with Gasteiger partial charge in [-0.05, 0) is 32.6 Å². The van der Waals surface area contributed by atoms with E-state index in [1.807, 2.05) is 0 Å². The molecule has 1 aliphatic heterocycles. The van der Waals surface area contributed by atoms with Crippen molar-refractivity contribution >= 4 is 17.6 Å². The Hall–Kier alpha value is -1.90. The number of nitrogens with one attached hydrogen (secondary N) is 1. The van der Waals surface area contributed by atoms with Gasteiger partial charge < -0.3 is 10.2 Å². The van der Waals surface area contributed by atoms with Crippen molar-refractivity contribution in [1.82, 2.24) is 10.2 Å². The van der Waals surface area contributed by atoms with Crippen LogP contribution in [0.4, 0.5) is 0 Å². The summed E-state index contributed by atoms with van der Waals surface area (Å²) in [5, 5.41) is 11.7. The van der Waals surface area contributed by atoms with Gasteiger partial charge in [0.15, 0.2) is 11.7 Å². The summed E-state index contributed by atoms with van der Waals surface area (Å²) in [5.41, 5.74) is 0. The zero-order valence-electron chi connectivity index (χ0n) is 12.5.